The largest absolute Gasteiger partial charge is 0.446 e. The van der Waals surface area contributed by atoms with Gasteiger partial charge in [-0.15, -0.1) is 0 Å². The van der Waals surface area contributed by atoms with Crippen molar-refractivity contribution in [2.75, 3.05) is 19.8 Å². The van der Waals surface area contributed by atoms with E-state index in [1.54, 1.807) is 13.8 Å². The molecule has 3 saturated carbocycles. The van der Waals surface area contributed by atoms with Crippen LogP contribution in [0.25, 0.3) is 0 Å². The number of hydrogen-bond donors (Lipinski definition) is 3. The van der Waals surface area contributed by atoms with Crippen molar-refractivity contribution in [3.8, 4) is 0 Å². The molecule has 12 atom stereocenters. The molecule has 44 heavy (non-hydrogen) atoms. The second-order valence-electron chi connectivity index (χ2n) is 17.0. The number of ether oxygens (including phenoxy) is 4. The monoisotopic (exact) mass is 621 g/mol. The van der Waals surface area contributed by atoms with Gasteiger partial charge in [-0.3, -0.25) is 0 Å². The van der Waals surface area contributed by atoms with E-state index < -0.39 is 17.8 Å². The van der Waals surface area contributed by atoms with Gasteiger partial charge in [0.05, 0.1) is 43.2 Å². The number of fused-ring (bicyclic) bond motifs is 3. The van der Waals surface area contributed by atoms with Crippen LogP contribution in [0.5, 0.6) is 0 Å². The Morgan fingerprint density at radius 2 is 1.77 bits per heavy atom. The van der Waals surface area contributed by atoms with Gasteiger partial charge < -0.3 is 34.5 Å². The molecule has 8 nitrogen and oxygen atoms in total. The van der Waals surface area contributed by atoms with Crippen molar-refractivity contribution in [3.05, 3.63) is 0 Å². The molecule has 0 aromatic carbocycles. The number of aliphatic hydroxyl groups is 2. The number of hydrogen-bond acceptors (Lipinski definition) is 7. The lowest BCUT2D eigenvalue weighted by molar-refractivity contribution is -0.215. The van der Waals surface area contributed by atoms with Gasteiger partial charge in [-0.05, 0) is 101 Å². The molecule has 8 heteroatoms. The summed E-state index contributed by atoms with van der Waals surface area (Å²) in [7, 11) is 0. The number of rotatable bonds is 9. The zero-order valence-electron chi connectivity index (χ0n) is 29.1. The maximum absolute atomic E-state index is 12.7. The van der Waals surface area contributed by atoms with Gasteiger partial charge in [-0.25, -0.2) is 4.79 Å². The van der Waals surface area contributed by atoms with Crippen LogP contribution in [0.2, 0.25) is 0 Å². The fraction of sp³-hybridized carbons (Fsp3) is 0.972. The second kappa shape index (κ2) is 12.6. The molecule has 5 rings (SSSR count). The Balaban J connectivity index is 1.32. The standard InChI is InChI=1S/C36H63NO7/c1-10-42-31(34(6,7)40)26-18-22(3)28-29(43-26)30(38)36(9)23(12-11-17-35(28,36)8)14-15-25-21(2)13-16-27(33(25,4)5)44-32(39)37-24-19-41-20-24/h21-31,38,40H,10-20H2,1-9H3,(H,37,39)/t21?,22-,23+,25-,26-,27+,28+,29+,30+,31+,35-,36-/m1/s1. The molecular formula is C36H63NO7. The Morgan fingerprint density at radius 1 is 1.07 bits per heavy atom. The topological polar surface area (TPSA) is 106 Å². The van der Waals surface area contributed by atoms with E-state index in [2.05, 4.69) is 46.9 Å². The predicted molar refractivity (Wildman–Crippen MR) is 170 cm³/mol. The summed E-state index contributed by atoms with van der Waals surface area (Å²) in [5, 5.41) is 26.2. The van der Waals surface area contributed by atoms with E-state index >= 15 is 0 Å². The van der Waals surface area contributed by atoms with Crippen LogP contribution < -0.4 is 5.32 Å². The highest BCUT2D eigenvalue weighted by molar-refractivity contribution is 5.68. The zero-order valence-corrected chi connectivity index (χ0v) is 29.1. The van der Waals surface area contributed by atoms with Crippen LogP contribution in [0, 0.1) is 45.8 Å². The maximum Gasteiger partial charge on any atom is 0.407 e. The van der Waals surface area contributed by atoms with Crippen molar-refractivity contribution < 1.29 is 34.0 Å². The zero-order chi connectivity index (χ0) is 32.2. The molecule has 5 aliphatic rings. The van der Waals surface area contributed by atoms with Crippen LogP contribution in [0.3, 0.4) is 0 Å². The van der Waals surface area contributed by atoms with Gasteiger partial charge in [0.15, 0.2) is 0 Å². The molecule has 1 unspecified atom stereocenters. The Bertz CT molecular complexity index is 1010. The highest BCUT2D eigenvalue weighted by atomic mass is 16.6. The van der Waals surface area contributed by atoms with E-state index in [0.717, 1.165) is 44.9 Å². The molecule has 0 aromatic heterocycles. The summed E-state index contributed by atoms with van der Waals surface area (Å²) < 4.78 is 24.2. The first-order chi connectivity index (χ1) is 20.6. The Hall–Kier alpha value is -0.930. The highest BCUT2D eigenvalue weighted by Gasteiger charge is 2.70. The SMILES string of the molecule is CCO[C@@H]([C@H]1C[C@@H](C)[C@H]2[C@H](O1)[C@H](O)[C@@]1(C)[C@H](CC[C@@H]3C(C)CC[C@H](OC(=O)NC4COC4)C3(C)C)CCC[C@]21C)C(C)(C)O. The van der Waals surface area contributed by atoms with E-state index in [9.17, 15) is 15.0 Å². The van der Waals surface area contributed by atoms with Crippen molar-refractivity contribution in [2.24, 2.45) is 45.8 Å². The number of aliphatic hydroxyl groups excluding tert-OH is 1. The normalized spacial score (nSPS) is 44.7. The van der Waals surface area contributed by atoms with E-state index in [-0.39, 0.29) is 52.6 Å². The summed E-state index contributed by atoms with van der Waals surface area (Å²) in [5.41, 5.74) is -1.45. The van der Waals surface area contributed by atoms with Crippen LogP contribution in [-0.4, -0.2) is 78.3 Å². The van der Waals surface area contributed by atoms with Crippen molar-refractivity contribution in [2.45, 2.75) is 156 Å². The quantitative estimate of drug-likeness (QED) is 0.285. The number of carbonyl (C=O) groups excluding carboxylic acids is 1. The molecule has 0 aromatic rings. The molecule has 0 spiro atoms. The Kier molecular flexibility index (Phi) is 9.85. The molecule has 3 N–H and O–H groups in total. The van der Waals surface area contributed by atoms with Crippen LogP contribution in [0.1, 0.15) is 114 Å². The van der Waals surface area contributed by atoms with Crippen LogP contribution >= 0.6 is 0 Å². The molecule has 2 heterocycles. The molecule has 5 fully saturated rings. The third-order valence-electron chi connectivity index (χ3n) is 13.7. The van der Waals surface area contributed by atoms with E-state index in [1.807, 2.05) is 6.92 Å². The molecular weight excluding hydrogens is 558 g/mol. The molecule has 2 saturated heterocycles. The average Bonchev–Trinajstić information content (AvgIpc) is 3.09. The Morgan fingerprint density at radius 3 is 2.39 bits per heavy atom. The van der Waals surface area contributed by atoms with Crippen molar-refractivity contribution >= 4 is 6.09 Å². The minimum atomic E-state index is -1.03. The van der Waals surface area contributed by atoms with Gasteiger partial charge in [-0.2, -0.15) is 0 Å². The fourth-order valence-corrected chi connectivity index (χ4v) is 11.1. The lowest BCUT2D eigenvalue weighted by Crippen LogP contribution is -2.55. The molecule has 254 valence electrons. The number of alkyl carbamates (subject to hydrolysis) is 1. The number of carbonyl (C=O) groups is 1. The van der Waals surface area contributed by atoms with Gasteiger partial charge in [0, 0.05) is 17.4 Å². The number of amides is 1. The molecule has 3 aliphatic carbocycles. The van der Waals surface area contributed by atoms with Crippen molar-refractivity contribution in [3.63, 3.8) is 0 Å². The molecule has 0 radical (unpaired) electrons. The first-order valence-electron chi connectivity index (χ1n) is 17.8. The minimum absolute atomic E-state index is 0.0249. The summed E-state index contributed by atoms with van der Waals surface area (Å²) in [6.45, 7) is 21.3. The molecule has 2 aliphatic heterocycles. The molecule has 0 bridgehead atoms. The van der Waals surface area contributed by atoms with E-state index in [4.69, 9.17) is 18.9 Å². The van der Waals surface area contributed by atoms with Crippen LogP contribution in [-0.2, 0) is 18.9 Å². The van der Waals surface area contributed by atoms with Gasteiger partial charge >= 0.3 is 6.09 Å². The summed E-state index contributed by atoms with van der Waals surface area (Å²) >= 11 is 0. The van der Waals surface area contributed by atoms with E-state index in [1.165, 1.54) is 6.42 Å². The van der Waals surface area contributed by atoms with Gasteiger partial charge in [0.1, 0.15) is 12.2 Å². The van der Waals surface area contributed by atoms with Crippen LogP contribution in [0.15, 0.2) is 0 Å². The third kappa shape index (κ3) is 5.86. The minimum Gasteiger partial charge on any atom is -0.446 e. The van der Waals surface area contributed by atoms with Gasteiger partial charge in [0.25, 0.3) is 0 Å². The van der Waals surface area contributed by atoms with Gasteiger partial charge in [-0.1, -0.05) is 48.0 Å². The summed E-state index contributed by atoms with van der Waals surface area (Å²) in [6, 6.07) is 0.0639. The number of nitrogens with one attached hydrogen (secondary N) is 1. The van der Waals surface area contributed by atoms with Crippen LogP contribution in [0.4, 0.5) is 4.79 Å². The molecule has 1 amide bonds. The first-order valence-corrected chi connectivity index (χ1v) is 17.8. The summed E-state index contributed by atoms with van der Waals surface area (Å²) in [6.07, 6.45) is 6.37. The smallest absolute Gasteiger partial charge is 0.407 e. The van der Waals surface area contributed by atoms with Gasteiger partial charge in [0.2, 0.25) is 0 Å². The lowest BCUT2D eigenvalue weighted by Gasteiger charge is -2.56. The predicted octanol–water partition coefficient (Wildman–Crippen LogP) is 6.11. The lowest BCUT2D eigenvalue weighted by atomic mass is 9.49. The Labute approximate surface area is 266 Å². The second-order valence-corrected chi connectivity index (χ2v) is 17.0. The van der Waals surface area contributed by atoms with E-state index in [0.29, 0.717) is 43.5 Å². The summed E-state index contributed by atoms with van der Waals surface area (Å²) in [4.78, 5) is 12.7. The van der Waals surface area contributed by atoms with Crippen molar-refractivity contribution in [1.82, 2.24) is 5.32 Å². The summed E-state index contributed by atoms with van der Waals surface area (Å²) in [5.74, 6) is 2.00. The fourth-order valence-electron chi connectivity index (χ4n) is 11.1. The highest BCUT2D eigenvalue weighted by Crippen LogP contribution is 2.69. The average molecular weight is 622 g/mol. The third-order valence-corrected chi connectivity index (χ3v) is 13.7. The van der Waals surface area contributed by atoms with Crippen molar-refractivity contribution in [1.29, 1.82) is 0 Å². The first kappa shape index (κ1) is 34.4. The maximum atomic E-state index is 12.7.